The number of aromatic nitrogens is 1. The van der Waals surface area contributed by atoms with Gasteiger partial charge in [-0.25, -0.2) is 0 Å². The molecule has 1 aromatic rings. The molecular weight excluding hydrogens is 234 g/mol. The van der Waals surface area contributed by atoms with Crippen LogP contribution < -0.4 is 0 Å². The lowest BCUT2D eigenvalue weighted by atomic mass is 10.1. The van der Waals surface area contributed by atoms with Gasteiger partial charge in [0.1, 0.15) is 0 Å². The van der Waals surface area contributed by atoms with Crippen LogP contribution in [0.1, 0.15) is 12.6 Å². The van der Waals surface area contributed by atoms with E-state index >= 15 is 0 Å². The van der Waals surface area contributed by atoms with Crippen LogP contribution in [0.2, 0.25) is 0 Å². The summed E-state index contributed by atoms with van der Waals surface area (Å²) in [7, 11) is 0. The van der Waals surface area contributed by atoms with E-state index in [9.17, 15) is 4.79 Å². The van der Waals surface area contributed by atoms with E-state index in [0.717, 1.165) is 10.2 Å². The van der Waals surface area contributed by atoms with Crippen molar-refractivity contribution in [2.75, 3.05) is 0 Å². The second-order valence-electron chi connectivity index (χ2n) is 2.91. The highest BCUT2D eigenvalue weighted by Gasteiger charge is 2.11. The Kier molecular flexibility index (Phi) is 3.42. The van der Waals surface area contributed by atoms with Gasteiger partial charge in [-0.3, -0.25) is 9.78 Å². The first-order valence-electron chi connectivity index (χ1n) is 3.93. The fourth-order valence-electron chi connectivity index (χ4n) is 0.928. The van der Waals surface area contributed by atoms with E-state index in [1.807, 2.05) is 12.1 Å². The Balaban J connectivity index is 2.64. The zero-order valence-electron chi connectivity index (χ0n) is 7.20. The van der Waals surface area contributed by atoms with Gasteiger partial charge in [-0.15, -0.1) is 0 Å². The van der Waals surface area contributed by atoms with Crippen molar-refractivity contribution in [3.63, 3.8) is 0 Å². The molecule has 0 aliphatic heterocycles. The maximum Gasteiger partial charge on any atom is 0.306 e. The third kappa shape index (κ3) is 3.14. The molecule has 0 amide bonds. The number of halogens is 1. The third-order valence-corrected chi connectivity index (χ3v) is 2.19. The summed E-state index contributed by atoms with van der Waals surface area (Å²) in [5, 5.41) is 8.66. The van der Waals surface area contributed by atoms with Crippen LogP contribution in [0.4, 0.5) is 0 Å². The van der Waals surface area contributed by atoms with Crippen molar-refractivity contribution in [3.8, 4) is 0 Å². The lowest BCUT2D eigenvalue weighted by molar-refractivity contribution is -0.141. The molecule has 70 valence electrons. The molecular formula is C9H10BrNO2. The van der Waals surface area contributed by atoms with E-state index in [1.54, 1.807) is 13.1 Å². The van der Waals surface area contributed by atoms with Gasteiger partial charge in [-0.2, -0.15) is 0 Å². The minimum absolute atomic E-state index is 0.381. The van der Waals surface area contributed by atoms with Gasteiger partial charge in [0.25, 0.3) is 0 Å². The van der Waals surface area contributed by atoms with E-state index in [2.05, 4.69) is 20.9 Å². The molecule has 13 heavy (non-hydrogen) atoms. The zero-order valence-corrected chi connectivity index (χ0v) is 8.78. The topological polar surface area (TPSA) is 50.2 Å². The molecule has 1 N–H and O–H groups in total. The highest BCUT2D eigenvalue weighted by atomic mass is 79.9. The van der Waals surface area contributed by atoms with E-state index in [0.29, 0.717) is 6.42 Å². The van der Waals surface area contributed by atoms with Gasteiger partial charge in [-0.1, -0.05) is 6.92 Å². The van der Waals surface area contributed by atoms with E-state index in [4.69, 9.17) is 5.11 Å². The SMILES string of the molecule is C[C@H](Cc1ccc(Br)cn1)C(=O)O. The van der Waals surface area contributed by atoms with Gasteiger partial charge in [0.05, 0.1) is 5.92 Å². The Labute approximate surface area is 84.9 Å². The molecule has 0 bridgehead atoms. The Morgan fingerprint density at radius 1 is 1.69 bits per heavy atom. The summed E-state index contributed by atoms with van der Waals surface area (Å²) < 4.78 is 0.902. The van der Waals surface area contributed by atoms with Gasteiger partial charge in [0.15, 0.2) is 0 Å². The molecule has 0 saturated heterocycles. The quantitative estimate of drug-likeness (QED) is 0.885. The molecule has 1 heterocycles. The molecule has 4 heteroatoms. The summed E-state index contributed by atoms with van der Waals surface area (Å²) in [6.07, 6.45) is 2.15. The van der Waals surface area contributed by atoms with Crippen molar-refractivity contribution in [2.45, 2.75) is 13.3 Å². The summed E-state index contributed by atoms with van der Waals surface area (Å²) in [5.41, 5.74) is 0.804. The van der Waals surface area contributed by atoms with Crippen LogP contribution in [0.15, 0.2) is 22.8 Å². The Bertz CT molecular complexity index is 297. The molecule has 0 saturated carbocycles. The molecule has 0 aliphatic rings. The van der Waals surface area contributed by atoms with Crippen LogP contribution >= 0.6 is 15.9 Å². The van der Waals surface area contributed by atoms with Crippen molar-refractivity contribution in [1.29, 1.82) is 0 Å². The number of nitrogens with zero attached hydrogens (tertiary/aromatic N) is 1. The maximum atomic E-state index is 10.5. The highest BCUT2D eigenvalue weighted by Crippen LogP contribution is 2.10. The molecule has 0 fully saturated rings. The molecule has 1 rings (SSSR count). The predicted molar refractivity (Wildman–Crippen MR) is 52.4 cm³/mol. The number of pyridine rings is 1. The number of aliphatic carboxylic acids is 1. The lowest BCUT2D eigenvalue weighted by Crippen LogP contribution is -2.12. The van der Waals surface area contributed by atoms with Crippen LogP contribution in [0.3, 0.4) is 0 Å². The van der Waals surface area contributed by atoms with Crippen molar-refractivity contribution < 1.29 is 9.90 Å². The minimum Gasteiger partial charge on any atom is -0.481 e. The molecule has 3 nitrogen and oxygen atoms in total. The average Bonchev–Trinajstić information content (AvgIpc) is 2.08. The lowest BCUT2D eigenvalue weighted by Gasteiger charge is -2.04. The summed E-state index contributed by atoms with van der Waals surface area (Å²) >= 11 is 3.26. The van der Waals surface area contributed by atoms with Crippen molar-refractivity contribution in [3.05, 3.63) is 28.5 Å². The summed E-state index contributed by atoms with van der Waals surface area (Å²) in [4.78, 5) is 14.6. The smallest absolute Gasteiger partial charge is 0.306 e. The first-order valence-corrected chi connectivity index (χ1v) is 4.72. The third-order valence-electron chi connectivity index (χ3n) is 1.73. The van der Waals surface area contributed by atoms with Gasteiger partial charge in [0, 0.05) is 22.8 Å². The minimum atomic E-state index is -0.787. The number of carboxylic acids is 1. The maximum absolute atomic E-state index is 10.5. The first-order chi connectivity index (χ1) is 6.09. The Hall–Kier alpha value is -0.900. The van der Waals surface area contributed by atoms with Crippen molar-refractivity contribution in [2.24, 2.45) is 5.92 Å². The van der Waals surface area contributed by atoms with Crippen LogP contribution in [0.5, 0.6) is 0 Å². The number of carbonyl (C=O) groups is 1. The summed E-state index contributed by atoms with van der Waals surface area (Å²) in [6.45, 7) is 1.67. The largest absolute Gasteiger partial charge is 0.481 e. The average molecular weight is 244 g/mol. The van der Waals surface area contributed by atoms with Gasteiger partial charge in [0.2, 0.25) is 0 Å². The van der Waals surface area contributed by atoms with Crippen LogP contribution in [0.25, 0.3) is 0 Å². The number of rotatable bonds is 3. The standard InChI is InChI=1S/C9H10BrNO2/c1-6(9(12)13)4-8-3-2-7(10)5-11-8/h2-3,5-6H,4H2,1H3,(H,12,13)/t6-/m1/s1. The van der Waals surface area contributed by atoms with Gasteiger partial charge >= 0.3 is 5.97 Å². The molecule has 0 aromatic carbocycles. The van der Waals surface area contributed by atoms with Gasteiger partial charge in [-0.05, 0) is 28.1 Å². The zero-order chi connectivity index (χ0) is 9.84. The molecule has 0 spiro atoms. The molecule has 0 radical (unpaired) electrons. The fourth-order valence-corrected chi connectivity index (χ4v) is 1.16. The second kappa shape index (κ2) is 4.37. The number of hydrogen-bond donors (Lipinski definition) is 1. The molecule has 0 unspecified atom stereocenters. The second-order valence-corrected chi connectivity index (χ2v) is 3.83. The molecule has 1 atom stereocenters. The van der Waals surface area contributed by atoms with Crippen molar-refractivity contribution >= 4 is 21.9 Å². The summed E-state index contributed by atoms with van der Waals surface area (Å²) in [6, 6.07) is 3.68. The van der Waals surface area contributed by atoms with E-state index in [1.165, 1.54) is 0 Å². The van der Waals surface area contributed by atoms with Gasteiger partial charge < -0.3 is 5.11 Å². The fraction of sp³-hybridized carbons (Fsp3) is 0.333. The van der Waals surface area contributed by atoms with E-state index in [-0.39, 0.29) is 5.92 Å². The van der Waals surface area contributed by atoms with Crippen LogP contribution in [-0.2, 0) is 11.2 Å². The summed E-state index contributed by atoms with van der Waals surface area (Å²) in [5.74, 6) is -1.17. The molecule has 0 aliphatic carbocycles. The predicted octanol–water partition coefficient (Wildman–Crippen LogP) is 2.11. The van der Waals surface area contributed by atoms with Crippen LogP contribution in [-0.4, -0.2) is 16.1 Å². The van der Waals surface area contributed by atoms with Crippen LogP contribution in [0, 0.1) is 5.92 Å². The highest BCUT2D eigenvalue weighted by molar-refractivity contribution is 9.10. The Morgan fingerprint density at radius 2 is 2.38 bits per heavy atom. The Morgan fingerprint density at radius 3 is 2.85 bits per heavy atom. The molecule has 1 aromatic heterocycles. The first kappa shape index (κ1) is 10.2. The van der Waals surface area contributed by atoms with E-state index < -0.39 is 5.97 Å². The monoisotopic (exact) mass is 243 g/mol. The van der Waals surface area contributed by atoms with Crippen molar-refractivity contribution in [1.82, 2.24) is 4.98 Å². The normalized spacial score (nSPS) is 12.5. The number of carboxylic acid groups (broad SMARTS) is 1. The number of hydrogen-bond acceptors (Lipinski definition) is 2.